The molecule has 2 aliphatic rings. The lowest BCUT2D eigenvalue weighted by Gasteiger charge is -2.51. The number of hydrogen-bond acceptors (Lipinski definition) is 5. The predicted molar refractivity (Wildman–Crippen MR) is 117 cm³/mol. The highest BCUT2D eigenvalue weighted by molar-refractivity contribution is 5.76. The summed E-state index contributed by atoms with van der Waals surface area (Å²) in [7, 11) is 1.62. The van der Waals surface area contributed by atoms with Crippen molar-refractivity contribution in [2.75, 3.05) is 46.5 Å². The number of methoxy groups -OCH3 is 1. The molecule has 1 spiro atoms. The van der Waals surface area contributed by atoms with Crippen LogP contribution in [0.2, 0.25) is 0 Å². The van der Waals surface area contributed by atoms with E-state index in [9.17, 15) is 9.90 Å². The molecule has 0 aliphatic carbocycles. The van der Waals surface area contributed by atoms with Crippen molar-refractivity contribution < 1.29 is 19.4 Å². The highest BCUT2D eigenvalue weighted by Gasteiger charge is 2.46. The molecule has 0 bridgehead atoms. The van der Waals surface area contributed by atoms with E-state index in [2.05, 4.69) is 36.9 Å². The highest BCUT2D eigenvalue weighted by atomic mass is 16.5. The van der Waals surface area contributed by atoms with Gasteiger partial charge in [0.25, 0.3) is 0 Å². The number of nitrogens with zero attached hydrogens (tertiary/aromatic N) is 2. The highest BCUT2D eigenvalue weighted by Crippen LogP contribution is 2.39. The van der Waals surface area contributed by atoms with Crippen LogP contribution in [0.25, 0.3) is 0 Å². The Morgan fingerprint density at radius 3 is 2.90 bits per heavy atom. The van der Waals surface area contributed by atoms with Gasteiger partial charge in [-0.2, -0.15) is 0 Å². The van der Waals surface area contributed by atoms with Gasteiger partial charge in [0.15, 0.2) is 0 Å². The smallest absolute Gasteiger partial charge is 0.224 e. The molecule has 2 aliphatic heterocycles. The fourth-order valence-electron chi connectivity index (χ4n) is 4.75. The molecule has 0 unspecified atom stereocenters. The third-order valence-electron chi connectivity index (χ3n) is 6.33. The molecule has 6 heteroatoms. The van der Waals surface area contributed by atoms with Crippen molar-refractivity contribution in [2.24, 2.45) is 11.3 Å². The third-order valence-corrected chi connectivity index (χ3v) is 6.33. The van der Waals surface area contributed by atoms with Crippen LogP contribution in [0, 0.1) is 11.3 Å². The van der Waals surface area contributed by atoms with Crippen LogP contribution >= 0.6 is 0 Å². The molecule has 6 nitrogen and oxygen atoms in total. The molecule has 1 aromatic rings. The van der Waals surface area contributed by atoms with E-state index in [1.807, 2.05) is 11.0 Å². The van der Waals surface area contributed by atoms with Crippen molar-refractivity contribution in [1.82, 2.24) is 9.80 Å². The van der Waals surface area contributed by atoms with Crippen molar-refractivity contribution in [3.05, 3.63) is 29.8 Å². The lowest BCUT2D eigenvalue weighted by atomic mass is 9.71. The zero-order valence-electron chi connectivity index (χ0n) is 18.8. The number of carbonyl (C=O) groups excluding carboxylic acids is 1. The number of ether oxygens (including phenoxy) is 2. The standard InChI is InChI=1S/C24H38N2O4/c1-19(2)16-30-21-7-4-6-20(14-21)15-25-12-8-22(27)24(17-25)10-5-11-26(18-24)23(28)9-13-29-3/h4,6-7,14,19,22,27H,5,8-13,15-18H2,1-3H3/t22-,24-/m1/s1. The summed E-state index contributed by atoms with van der Waals surface area (Å²) in [5, 5.41) is 10.9. The number of hydrogen-bond donors (Lipinski definition) is 1. The molecule has 2 saturated heterocycles. The summed E-state index contributed by atoms with van der Waals surface area (Å²) >= 11 is 0. The van der Waals surface area contributed by atoms with Gasteiger partial charge in [-0.1, -0.05) is 26.0 Å². The Hall–Kier alpha value is -1.63. The Morgan fingerprint density at radius 2 is 2.13 bits per heavy atom. The summed E-state index contributed by atoms with van der Waals surface area (Å²) in [5.41, 5.74) is 0.997. The van der Waals surface area contributed by atoms with Crippen LogP contribution in [0.15, 0.2) is 24.3 Å². The Balaban J connectivity index is 1.63. The van der Waals surface area contributed by atoms with Crippen molar-refractivity contribution in [3.63, 3.8) is 0 Å². The zero-order chi connectivity index (χ0) is 21.6. The minimum Gasteiger partial charge on any atom is -0.493 e. The van der Waals surface area contributed by atoms with E-state index in [-0.39, 0.29) is 17.4 Å². The molecule has 1 N–H and O–H groups in total. The Kier molecular flexibility index (Phi) is 8.14. The molecule has 168 valence electrons. The van der Waals surface area contributed by atoms with Gasteiger partial charge in [-0.15, -0.1) is 0 Å². The SMILES string of the molecule is COCCC(=O)N1CCC[C@@]2(CN(Cc3cccc(OCC(C)C)c3)CC[C@H]2O)C1. The maximum absolute atomic E-state index is 12.5. The molecule has 1 amide bonds. The number of piperidine rings is 2. The molecule has 3 rings (SSSR count). The first-order valence-corrected chi connectivity index (χ1v) is 11.3. The zero-order valence-corrected chi connectivity index (χ0v) is 18.8. The number of aliphatic hydroxyl groups is 1. The maximum Gasteiger partial charge on any atom is 0.224 e. The lowest BCUT2D eigenvalue weighted by molar-refractivity contribution is -0.142. The van der Waals surface area contributed by atoms with E-state index in [0.29, 0.717) is 25.5 Å². The number of amides is 1. The van der Waals surface area contributed by atoms with E-state index in [1.54, 1.807) is 7.11 Å². The van der Waals surface area contributed by atoms with Gasteiger partial charge < -0.3 is 19.5 Å². The normalized spacial score (nSPS) is 25.1. The van der Waals surface area contributed by atoms with Gasteiger partial charge in [-0.3, -0.25) is 9.69 Å². The number of aliphatic hydroxyl groups excluding tert-OH is 1. The summed E-state index contributed by atoms with van der Waals surface area (Å²) in [6.07, 6.45) is 2.73. The molecule has 2 atom stereocenters. The van der Waals surface area contributed by atoms with Gasteiger partial charge in [-0.25, -0.2) is 0 Å². The van der Waals surface area contributed by atoms with Crippen LogP contribution in [-0.2, 0) is 16.1 Å². The first-order valence-electron chi connectivity index (χ1n) is 11.3. The summed E-state index contributed by atoms with van der Waals surface area (Å²) in [5.74, 6) is 1.55. The molecule has 2 heterocycles. The van der Waals surface area contributed by atoms with Gasteiger partial charge >= 0.3 is 0 Å². The molecule has 0 aromatic heterocycles. The fourth-order valence-corrected chi connectivity index (χ4v) is 4.75. The molecular weight excluding hydrogens is 380 g/mol. The summed E-state index contributed by atoms with van der Waals surface area (Å²) < 4.78 is 11.0. The first-order chi connectivity index (χ1) is 14.4. The monoisotopic (exact) mass is 418 g/mol. The summed E-state index contributed by atoms with van der Waals surface area (Å²) in [6.45, 7) is 9.42. The second kappa shape index (κ2) is 10.6. The Labute approximate surface area is 181 Å². The van der Waals surface area contributed by atoms with Crippen LogP contribution in [0.4, 0.5) is 0 Å². The minimum absolute atomic E-state index is 0.134. The summed E-state index contributed by atoms with van der Waals surface area (Å²) in [4.78, 5) is 16.9. The van der Waals surface area contributed by atoms with Gasteiger partial charge in [-0.05, 0) is 42.9 Å². The predicted octanol–water partition coefficient (Wildman–Crippen LogP) is 2.93. The number of likely N-dealkylation sites (tertiary alicyclic amines) is 2. The number of rotatable bonds is 8. The van der Waals surface area contributed by atoms with Crippen molar-refractivity contribution in [2.45, 2.75) is 52.2 Å². The lowest BCUT2D eigenvalue weighted by Crippen LogP contribution is -2.59. The minimum atomic E-state index is -0.354. The number of carbonyl (C=O) groups is 1. The quantitative estimate of drug-likeness (QED) is 0.703. The average Bonchev–Trinajstić information content (AvgIpc) is 2.73. The average molecular weight is 419 g/mol. The van der Waals surface area contributed by atoms with E-state index < -0.39 is 0 Å². The molecule has 2 fully saturated rings. The van der Waals surface area contributed by atoms with E-state index in [1.165, 1.54) is 5.56 Å². The Morgan fingerprint density at radius 1 is 1.30 bits per heavy atom. The first kappa shape index (κ1) is 23.0. The molecule has 0 radical (unpaired) electrons. The van der Waals surface area contributed by atoms with Gasteiger partial charge in [0, 0.05) is 45.2 Å². The van der Waals surface area contributed by atoms with E-state index in [4.69, 9.17) is 9.47 Å². The van der Waals surface area contributed by atoms with Crippen molar-refractivity contribution >= 4 is 5.91 Å². The number of benzene rings is 1. The maximum atomic E-state index is 12.5. The second-order valence-corrected chi connectivity index (χ2v) is 9.39. The van der Waals surface area contributed by atoms with Gasteiger partial charge in [0.1, 0.15) is 5.75 Å². The fraction of sp³-hybridized carbons (Fsp3) is 0.708. The van der Waals surface area contributed by atoms with Crippen molar-refractivity contribution in [3.8, 4) is 5.75 Å². The Bertz CT molecular complexity index is 696. The topological polar surface area (TPSA) is 62.2 Å². The van der Waals surface area contributed by atoms with Gasteiger partial charge in [0.05, 0.1) is 25.7 Å². The van der Waals surface area contributed by atoms with E-state index >= 15 is 0 Å². The van der Waals surface area contributed by atoms with Gasteiger partial charge in [0.2, 0.25) is 5.91 Å². The van der Waals surface area contributed by atoms with E-state index in [0.717, 1.165) is 57.8 Å². The second-order valence-electron chi connectivity index (χ2n) is 9.39. The van der Waals surface area contributed by atoms with Crippen LogP contribution < -0.4 is 4.74 Å². The molecule has 1 aromatic carbocycles. The van der Waals surface area contributed by atoms with Crippen LogP contribution in [0.3, 0.4) is 0 Å². The molecule has 0 saturated carbocycles. The largest absolute Gasteiger partial charge is 0.493 e. The van der Waals surface area contributed by atoms with Crippen LogP contribution in [-0.4, -0.2) is 73.4 Å². The molecular formula is C24H38N2O4. The van der Waals surface area contributed by atoms with Crippen LogP contribution in [0.1, 0.15) is 45.1 Å². The summed E-state index contributed by atoms with van der Waals surface area (Å²) in [6, 6.07) is 8.33. The van der Waals surface area contributed by atoms with Crippen molar-refractivity contribution in [1.29, 1.82) is 0 Å². The van der Waals surface area contributed by atoms with Crippen LogP contribution in [0.5, 0.6) is 5.75 Å². The molecule has 30 heavy (non-hydrogen) atoms. The third kappa shape index (κ3) is 5.96.